The average Bonchev–Trinajstić information content (AvgIpc) is 2.59. The van der Waals surface area contributed by atoms with Crippen LogP contribution in [0.3, 0.4) is 0 Å². The minimum atomic E-state index is -0.244. The van der Waals surface area contributed by atoms with Crippen molar-refractivity contribution in [3.05, 3.63) is 65.5 Å². The number of aliphatic imine (C=N–C) groups is 1. The average molecular weight is 308 g/mol. The second-order valence-electron chi connectivity index (χ2n) is 6.03. The quantitative estimate of drug-likeness (QED) is 0.844. The standard InChI is InChI=1S/C19H17FN2O/c20-14-6-3-5-13(11-14)12-22-17-9-2-1-7-15(17)18(23)16-8-4-10-21-19(16)22/h1-3,5-7,9,11,16H,4,8,10,12H2/t16-/m1/s1. The lowest BCUT2D eigenvalue weighted by molar-refractivity contribution is 0.0943. The second-order valence-corrected chi connectivity index (χ2v) is 6.03. The number of benzene rings is 2. The van der Waals surface area contributed by atoms with Gasteiger partial charge in [-0.2, -0.15) is 0 Å². The first kappa shape index (κ1) is 14.1. The number of ketones is 1. The third kappa shape index (κ3) is 2.44. The summed E-state index contributed by atoms with van der Waals surface area (Å²) in [5.41, 5.74) is 2.49. The number of carbonyl (C=O) groups excluding carboxylic acids is 1. The summed E-state index contributed by atoms with van der Waals surface area (Å²) in [7, 11) is 0. The molecule has 3 nitrogen and oxygen atoms in total. The van der Waals surface area contributed by atoms with E-state index in [2.05, 4.69) is 9.89 Å². The van der Waals surface area contributed by atoms with E-state index < -0.39 is 0 Å². The zero-order valence-corrected chi connectivity index (χ0v) is 12.7. The van der Waals surface area contributed by atoms with Gasteiger partial charge in [-0.25, -0.2) is 4.39 Å². The Balaban J connectivity index is 1.80. The topological polar surface area (TPSA) is 32.7 Å². The first-order valence-electron chi connectivity index (χ1n) is 7.93. The summed E-state index contributed by atoms with van der Waals surface area (Å²) >= 11 is 0. The lowest BCUT2D eigenvalue weighted by Gasteiger charge is -2.38. The van der Waals surface area contributed by atoms with Crippen LogP contribution in [0.4, 0.5) is 10.1 Å². The Bertz CT molecular complexity index is 799. The molecule has 0 aromatic heterocycles. The van der Waals surface area contributed by atoms with E-state index in [9.17, 15) is 9.18 Å². The van der Waals surface area contributed by atoms with Gasteiger partial charge in [0.15, 0.2) is 5.78 Å². The summed E-state index contributed by atoms with van der Waals surface area (Å²) in [6.45, 7) is 1.28. The van der Waals surface area contributed by atoms with Crippen molar-refractivity contribution >= 4 is 17.3 Å². The maximum atomic E-state index is 13.5. The van der Waals surface area contributed by atoms with Crippen LogP contribution in [0.5, 0.6) is 0 Å². The Kier molecular flexibility index (Phi) is 3.45. The van der Waals surface area contributed by atoms with E-state index in [0.717, 1.165) is 42.0 Å². The molecule has 0 amide bonds. The van der Waals surface area contributed by atoms with Gasteiger partial charge in [-0.3, -0.25) is 9.79 Å². The Morgan fingerprint density at radius 1 is 1.17 bits per heavy atom. The summed E-state index contributed by atoms with van der Waals surface area (Å²) in [6.07, 6.45) is 1.78. The Labute approximate surface area is 134 Å². The van der Waals surface area contributed by atoms with Gasteiger partial charge >= 0.3 is 0 Å². The van der Waals surface area contributed by atoms with Crippen LogP contribution in [0.25, 0.3) is 0 Å². The number of hydrogen-bond donors (Lipinski definition) is 0. The molecule has 0 saturated heterocycles. The lowest BCUT2D eigenvalue weighted by atomic mass is 9.85. The number of carbonyl (C=O) groups is 1. The molecule has 0 saturated carbocycles. The van der Waals surface area contributed by atoms with Crippen LogP contribution in [-0.2, 0) is 6.54 Å². The van der Waals surface area contributed by atoms with Gasteiger partial charge in [-0.1, -0.05) is 24.3 Å². The SMILES string of the molecule is O=C1c2ccccc2N(Cc2cccc(F)c2)C2=NCCC[C@H]12. The summed E-state index contributed by atoms with van der Waals surface area (Å²) in [5.74, 6) is 0.594. The molecule has 4 heteroatoms. The molecule has 2 aliphatic heterocycles. The molecule has 1 atom stereocenters. The first-order chi connectivity index (χ1) is 11.2. The number of fused-ring (bicyclic) bond motifs is 2. The number of Topliss-reactive ketones (excluding diaryl/α,β-unsaturated/α-hetero) is 1. The second kappa shape index (κ2) is 5.61. The molecule has 2 aromatic rings. The molecule has 2 aliphatic rings. The van der Waals surface area contributed by atoms with Crippen LogP contribution < -0.4 is 4.90 Å². The minimum absolute atomic E-state index is 0.160. The fourth-order valence-corrected chi connectivity index (χ4v) is 3.46. The number of hydrogen-bond acceptors (Lipinski definition) is 3. The normalized spacial score (nSPS) is 19.9. The molecular formula is C19H17FN2O. The van der Waals surface area contributed by atoms with Crippen molar-refractivity contribution in [3.8, 4) is 0 Å². The number of rotatable bonds is 2. The van der Waals surface area contributed by atoms with Crippen LogP contribution in [0.2, 0.25) is 0 Å². The van der Waals surface area contributed by atoms with Crippen LogP contribution >= 0.6 is 0 Å². The maximum absolute atomic E-state index is 13.5. The molecule has 0 aliphatic carbocycles. The molecule has 0 unspecified atom stereocenters. The van der Waals surface area contributed by atoms with E-state index in [1.54, 1.807) is 6.07 Å². The number of anilines is 1. The van der Waals surface area contributed by atoms with Crippen molar-refractivity contribution in [2.24, 2.45) is 10.9 Å². The van der Waals surface area contributed by atoms with Gasteiger partial charge in [0.2, 0.25) is 0 Å². The number of amidine groups is 1. The third-order valence-electron chi connectivity index (χ3n) is 4.52. The first-order valence-corrected chi connectivity index (χ1v) is 7.93. The van der Waals surface area contributed by atoms with Crippen molar-refractivity contribution in [2.75, 3.05) is 11.4 Å². The van der Waals surface area contributed by atoms with Crippen molar-refractivity contribution < 1.29 is 9.18 Å². The van der Waals surface area contributed by atoms with Crippen molar-refractivity contribution in [1.29, 1.82) is 0 Å². The predicted molar refractivity (Wildman–Crippen MR) is 88.4 cm³/mol. The largest absolute Gasteiger partial charge is 0.324 e. The van der Waals surface area contributed by atoms with Crippen LogP contribution in [0.1, 0.15) is 28.8 Å². The van der Waals surface area contributed by atoms with Gasteiger partial charge in [-0.15, -0.1) is 0 Å². The fourth-order valence-electron chi connectivity index (χ4n) is 3.46. The smallest absolute Gasteiger partial charge is 0.175 e. The molecule has 116 valence electrons. The van der Waals surface area contributed by atoms with Gasteiger partial charge in [0.25, 0.3) is 0 Å². The van der Waals surface area contributed by atoms with Crippen LogP contribution in [-0.4, -0.2) is 18.2 Å². The van der Waals surface area contributed by atoms with E-state index in [1.165, 1.54) is 12.1 Å². The Morgan fingerprint density at radius 2 is 2.04 bits per heavy atom. The minimum Gasteiger partial charge on any atom is -0.324 e. The summed E-state index contributed by atoms with van der Waals surface area (Å²) < 4.78 is 13.5. The highest BCUT2D eigenvalue weighted by Gasteiger charge is 2.38. The van der Waals surface area contributed by atoms with Gasteiger partial charge < -0.3 is 4.90 Å². The predicted octanol–water partition coefficient (Wildman–Crippen LogP) is 3.84. The molecule has 23 heavy (non-hydrogen) atoms. The number of nitrogens with zero attached hydrogens (tertiary/aromatic N) is 2. The third-order valence-corrected chi connectivity index (χ3v) is 4.52. The maximum Gasteiger partial charge on any atom is 0.175 e. The zero-order valence-electron chi connectivity index (χ0n) is 12.7. The van der Waals surface area contributed by atoms with Crippen molar-refractivity contribution in [1.82, 2.24) is 0 Å². The van der Waals surface area contributed by atoms with Gasteiger partial charge in [0.1, 0.15) is 11.7 Å². The molecule has 4 rings (SSSR count). The highest BCUT2D eigenvalue weighted by Crippen LogP contribution is 2.35. The Morgan fingerprint density at radius 3 is 2.91 bits per heavy atom. The van der Waals surface area contributed by atoms with Crippen molar-refractivity contribution in [2.45, 2.75) is 19.4 Å². The fraction of sp³-hybridized carbons (Fsp3) is 0.263. The number of para-hydroxylation sites is 1. The monoisotopic (exact) mass is 308 g/mol. The van der Waals surface area contributed by atoms with Crippen LogP contribution in [0.15, 0.2) is 53.5 Å². The van der Waals surface area contributed by atoms with E-state index in [4.69, 9.17) is 0 Å². The van der Waals surface area contributed by atoms with E-state index >= 15 is 0 Å². The van der Waals surface area contributed by atoms with E-state index in [0.29, 0.717) is 6.54 Å². The van der Waals surface area contributed by atoms with Gasteiger partial charge in [-0.05, 0) is 42.7 Å². The molecule has 2 aromatic carbocycles. The van der Waals surface area contributed by atoms with E-state index in [1.807, 2.05) is 30.3 Å². The summed E-state index contributed by atoms with van der Waals surface area (Å²) in [4.78, 5) is 19.4. The van der Waals surface area contributed by atoms with E-state index in [-0.39, 0.29) is 17.5 Å². The van der Waals surface area contributed by atoms with Crippen LogP contribution in [0, 0.1) is 11.7 Å². The highest BCUT2D eigenvalue weighted by atomic mass is 19.1. The molecule has 0 fully saturated rings. The molecule has 0 N–H and O–H groups in total. The molecule has 0 radical (unpaired) electrons. The van der Waals surface area contributed by atoms with Gasteiger partial charge in [0, 0.05) is 18.7 Å². The molecule has 0 spiro atoms. The summed E-state index contributed by atoms with van der Waals surface area (Å²) in [5, 5.41) is 0. The zero-order chi connectivity index (χ0) is 15.8. The molecule has 0 bridgehead atoms. The van der Waals surface area contributed by atoms with Crippen molar-refractivity contribution in [3.63, 3.8) is 0 Å². The highest BCUT2D eigenvalue weighted by molar-refractivity contribution is 6.23. The molecular weight excluding hydrogens is 291 g/mol. The molecule has 2 heterocycles. The lowest BCUT2D eigenvalue weighted by Crippen LogP contribution is -2.46. The van der Waals surface area contributed by atoms with Gasteiger partial charge in [0.05, 0.1) is 11.6 Å². The number of halogens is 1. The summed E-state index contributed by atoms with van der Waals surface area (Å²) in [6, 6.07) is 14.2. The Hall–Kier alpha value is -2.49.